The molecule has 1 N–H and O–H groups in total. The lowest BCUT2D eigenvalue weighted by atomic mass is 9.93. The number of nitrogens with zero attached hydrogens (tertiary/aromatic N) is 3. The highest BCUT2D eigenvalue weighted by molar-refractivity contribution is 6.01. The maximum absolute atomic E-state index is 13.8. The molecule has 0 bridgehead atoms. The molecule has 0 spiro atoms. The van der Waals surface area contributed by atoms with Crippen molar-refractivity contribution in [3.8, 4) is 17.1 Å². The average molecular weight is 499 g/mol. The van der Waals surface area contributed by atoms with Gasteiger partial charge in [-0.2, -0.15) is 4.98 Å². The smallest absolute Gasteiger partial charge is 0.326 e. The predicted molar refractivity (Wildman–Crippen MR) is 139 cm³/mol. The Labute approximate surface area is 214 Å². The Kier molecular flexibility index (Phi) is 6.72. The Balaban J connectivity index is 1.61. The zero-order valence-electron chi connectivity index (χ0n) is 20.9. The summed E-state index contributed by atoms with van der Waals surface area (Å²) < 4.78 is 25.1. The van der Waals surface area contributed by atoms with E-state index in [0.717, 1.165) is 17.7 Å². The minimum absolute atomic E-state index is 0.247. The second-order valence-electron chi connectivity index (χ2n) is 8.67. The molecule has 0 aliphatic carbocycles. The van der Waals surface area contributed by atoms with Crippen molar-refractivity contribution in [2.75, 3.05) is 11.5 Å². The molecule has 8 heteroatoms. The SMILES string of the molecule is CCOc1ccc(N2C(=O)NC(c3ccc(CC)cc3)C(c3nc(-c4cccc(F)c4)no3)=C2C)cc1. The van der Waals surface area contributed by atoms with Crippen LogP contribution in [0.3, 0.4) is 0 Å². The molecule has 7 nitrogen and oxygen atoms in total. The van der Waals surface area contributed by atoms with E-state index in [-0.39, 0.29) is 23.6 Å². The number of nitrogens with one attached hydrogen (secondary N) is 1. The van der Waals surface area contributed by atoms with Gasteiger partial charge in [0.1, 0.15) is 11.6 Å². The van der Waals surface area contributed by atoms with Gasteiger partial charge in [-0.25, -0.2) is 9.18 Å². The molecule has 3 aromatic carbocycles. The number of carbonyl (C=O) groups is 1. The van der Waals surface area contributed by atoms with Crippen molar-refractivity contribution in [1.29, 1.82) is 0 Å². The molecule has 0 saturated heterocycles. The predicted octanol–water partition coefficient (Wildman–Crippen LogP) is 6.54. The molecule has 5 rings (SSSR count). The third-order valence-electron chi connectivity index (χ3n) is 6.35. The summed E-state index contributed by atoms with van der Waals surface area (Å²) in [6, 6.07) is 20.6. The molecule has 1 atom stereocenters. The monoisotopic (exact) mass is 498 g/mol. The summed E-state index contributed by atoms with van der Waals surface area (Å²) >= 11 is 0. The van der Waals surface area contributed by atoms with Crippen LogP contribution in [0, 0.1) is 5.82 Å². The number of rotatable bonds is 7. The molecule has 1 aromatic heterocycles. The van der Waals surface area contributed by atoms with Gasteiger partial charge in [-0.15, -0.1) is 0 Å². The summed E-state index contributed by atoms with van der Waals surface area (Å²) in [5.41, 5.74) is 4.55. The van der Waals surface area contributed by atoms with Crippen molar-refractivity contribution >= 4 is 17.3 Å². The van der Waals surface area contributed by atoms with Crippen molar-refractivity contribution in [1.82, 2.24) is 15.5 Å². The van der Waals surface area contributed by atoms with Gasteiger partial charge in [-0.05, 0) is 67.8 Å². The van der Waals surface area contributed by atoms with E-state index < -0.39 is 6.04 Å². The van der Waals surface area contributed by atoms with Crippen LogP contribution >= 0.6 is 0 Å². The summed E-state index contributed by atoms with van der Waals surface area (Å²) in [4.78, 5) is 19.6. The number of carbonyl (C=O) groups excluding carboxylic acids is 1. The van der Waals surface area contributed by atoms with Gasteiger partial charge in [0, 0.05) is 11.3 Å². The maximum Gasteiger partial charge on any atom is 0.326 e. The topological polar surface area (TPSA) is 80.5 Å². The van der Waals surface area contributed by atoms with E-state index in [1.54, 1.807) is 17.0 Å². The van der Waals surface area contributed by atoms with Crippen molar-refractivity contribution in [2.45, 2.75) is 33.2 Å². The van der Waals surface area contributed by atoms with Gasteiger partial charge in [-0.1, -0.05) is 48.5 Å². The Morgan fingerprint density at radius 3 is 2.49 bits per heavy atom. The number of halogens is 1. The molecule has 0 radical (unpaired) electrons. The zero-order chi connectivity index (χ0) is 25.9. The largest absolute Gasteiger partial charge is 0.494 e. The van der Waals surface area contributed by atoms with Gasteiger partial charge in [0.25, 0.3) is 5.89 Å². The fraction of sp³-hybridized carbons (Fsp3) is 0.207. The Hall–Kier alpha value is -4.46. The standard InChI is InChI=1S/C29H27FN4O3/c1-4-19-9-11-20(12-10-19)26-25(28-32-27(33-37-28)21-7-6-8-22(30)17-21)18(3)34(29(35)31-26)23-13-15-24(16-14-23)36-5-2/h6-17,26H,4-5H2,1-3H3,(H,31,35). The second-order valence-corrected chi connectivity index (χ2v) is 8.67. The summed E-state index contributed by atoms with van der Waals surface area (Å²) in [6.07, 6.45) is 0.908. The fourth-order valence-corrected chi connectivity index (χ4v) is 4.46. The Bertz CT molecular complexity index is 1440. The first kappa shape index (κ1) is 24.2. The van der Waals surface area contributed by atoms with Crippen LogP contribution in [-0.4, -0.2) is 22.8 Å². The van der Waals surface area contributed by atoms with E-state index in [4.69, 9.17) is 9.26 Å². The minimum atomic E-state index is -0.516. The van der Waals surface area contributed by atoms with Gasteiger partial charge in [-0.3, -0.25) is 4.90 Å². The van der Waals surface area contributed by atoms with E-state index >= 15 is 0 Å². The number of amides is 2. The van der Waals surface area contributed by atoms with Gasteiger partial charge < -0.3 is 14.6 Å². The lowest BCUT2D eigenvalue weighted by Gasteiger charge is -2.35. The summed E-state index contributed by atoms with van der Waals surface area (Å²) in [6.45, 7) is 6.41. The van der Waals surface area contributed by atoms with Crippen LogP contribution in [0.15, 0.2) is 83.0 Å². The van der Waals surface area contributed by atoms with Gasteiger partial charge in [0.05, 0.1) is 23.9 Å². The van der Waals surface area contributed by atoms with Crippen LogP contribution < -0.4 is 15.0 Å². The first-order valence-electron chi connectivity index (χ1n) is 12.2. The molecule has 1 unspecified atom stereocenters. The number of aryl methyl sites for hydroxylation is 1. The number of aromatic nitrogens is 2. The third-order valence-corrected chi connectivity index (χ3v) is 6.35. The molecule has 188 valence electrons. The number of urea groups is 1. The molecule has 0 saturated carbocycles. The summed E-state index contributed by atoms with van der Waals surface area (Å²) in [7, 11) is 0. The highest BCUT2D eigenvalue weighted by Crippen LogP contribution is 2.39. The maximum atomic E-state index is 13.8. The van der Waals surface area contributed by atoms with E-state index in [1.165, 1.54) is 17.7 Å². The van der Waals surface area contributed by atoms with Crippen LogP contribution in [0.25, 0.3) is 17.0 Å². The fourth-order valence-electron chi connectivity index (χ4n) is 4.46. The van der Waals surface area contributed by atoms with E-state index in [2.05, 4.69) is 22.4 Å². The van der Waals surface area contributed by atoms with Crippen molar-refractivity contribution < 1.29 is 18.4 Å². The Morgan fingerprint density at radius 1 is 1.05 bits per heavy atom. The highest BCUT2D eigenvalue weighted by atomic mass is 19.1. The average Bonchev–Trinajstić information content (AvgIpc) is 3.39. The van der Waals surface area contributed by atoms with Crippen LogP contribution in [-0.2, 0) is 6.42 Å². The van der Waals surface area contributed by atoms with Gasteiger partial charge >= 0.3 is 6.03 Å². The zero-order valence-corrected chi connectivity index (χ0v) is 20.9. The highest BCUT2D eigenvalue weighted by Gasteiger charge is 2.36. The molecule has 0 fully saturated rings. The molecular formula is C29H27FN4O3. The van der Waals surface area contributed by atoms with Gasteiger partial charge in [0.2, 0.25) is 5.82 Å². The molecule has 37 heavy (non-hydrogen) atoms. The molecule has 1 aliphatic rings. The number of allylic oxidation sites excluding steroid dienone is 1. The third kappa shape index (κ3) is 4.82. The normalized spacial score (nSPS) is 15.6. The van der Waals surface area contributed by atoms with Crippen LogP contribution in [0.1, 0.15) is 43.8 Å². The lowest BCUT2D eigenvalue weighted by molar-refractivity contribution is 0.244. The first-order valence-corrected chi connectivity index (χ1v) is 12.2. The number of ether oxygens (including phenoxy) is 1. The second kappa shape index (κ2) is 10.3. The molecular weight excluding hydrogens is 471 g/mol. The van der Waals surface area contributed by atoms with Crippen LogP contribution in [0.4, 0.5) is 14.9 Å². The van der Waals surface area contributed by atoms with Crippen molar-refractivity contribution in [3.05, 3.63) is 101 Å². The Morgan fingerprint density at radius 2 is 1.81 bits per heavy atom. The number of benzene rings is 3. The number of hydrogen-bond donors (Lipinski definition) is 1. The molecule has 4 aromatic rings. The lowest BCUT2D eigenvalue weighted by Crippen LogP contribution is -2.46. The minimum Gasteiger partial charge on any atom is -0.494 e. The summed E-state index contributed by atoms with van der Waals surface area (Å²) in [5, 5.41) is 7.21. The molecule has 2 heterocycles. The first-order chi connectivity index (χ1) is 18.0. The summed E-state index contributed by atoms with van der Waals surface area (Å²) in [5.74, 6) is 0.840. The van der Waals surface area contributed by atoms with Gasteiger partial charge in [0.15, 0.2) is 0 Å². The van der Waals surface area contributed by atoms with Crippen molar-refractivity contribution in [3.63, 3.8) is 0 Å². The quantitative estimate of drug-likeness (QED) is 0.313. The van der Waals surface area contributed by atoms with Crippen molar-refractivity contribution in [2.24, 2.45) is 0 Å². The van der Waals surface area contributed by atoms with E-state index in [9.17, 15) is 9.18 Å². The van der Waals surface area contributed by atoms with Crippen LogP contribution in [0.5, 0.6) is 5.75 Å². The number of anilines is 1. The van der Waals surface area contributed by atoms with Crippen LogP contribution in [0.2, 0.25) is 0 Å². The number of hydrogen-bond acceptors (Lipinski definition) is 5. The van der Waals surface area contributed by atoms with E-state index in [0.29, 0.717) is 29.1 Å². The van der Waals surface area contributed by atoms with E-state index in [1.807, 2.05) is 62.4 Å². The molecule has 2 amide bonds. The molecule has 1 aliphatic heterocycles.